The molecule has 0 saturated carbocycles. The van der Waals surface area contributed by atoms with Crippen LogP contribution in [0.1, 0.15) is 5.56 Å². The first-order chi connectivity index (χ1) is 9.97. The number of hydrogen-bond acceptors (Lipinski definition) is 4. The molecule has 0 atom stereocenters. The quantitative estimate of drug-likeness (QED) is 0.263. The number of benzene rings is 1. The number of nitrogens with zero attached hydrogens (tertiary/aromatic N) is 3. The lowest BCUT2D eigenvalue weighted by Crippen LogP contribution is -2.07. The number of rotatable bonds is 6. The van der Waals surface area contributed by atoms with Crippen molar-refractivity contribution in [2.24, 2.45) is 5.11 Å². The summed E-state index contributed by atoms with van der Waals surface area (Å²) < 4.78 is 32.9. The van der Waals surface area contributed by atoms with Gasteiger partial charge in [-0.25, -0.2) is 4.79 Å². The molecular formula is C12H10ClF2N3O3. The standard InChI is InChI=1S/C12H10ClF2N3O3/c1-20-11(19)8(6-17-18-16)4-7-2-3-10(9(13)5-7)21-12(14)15/h2-5,12H,6H2,1H3/b8-4+. The topological polar surface area (TPSA) is 84.3 Å². The summed E-state index contributed by atoms with van der Waals surface area (Å²) in [5.41, 5.74) is 8.80. The number of ether oxygens (including phenoxy) is 2. The summed E-state index contributed by atoms with van der Waals surface area (Å²) >= 11 is 5.79. The lowest BCUT2D eigenvalue weighted by atomic mass is 10.1. The van der Waals surface area contributed by atoms with Crippen LogP contribution in [0.3, 0.4) is 0 Å². The predicted molar refractivity (Wildman–Crippen MR) is 72.1 cm³/mol. The van der Waals surface area contributed by atoms with E-state index in [9.17, 15) is 13.6 Å². The van der Waals surface area contributed by atoms with Gasteiger partial charge in [0.1, 0.15) is 5.75 Å². The molecule has 0 radical (unpaired) electrons. The minimum Gasteiger partial charge on any atom is -0.466 e. The molecule has 0 aromatic heterocycles. The Morgan fingerprint density at radius 1 is 1.57 bits per heavy atom. The third-order valence-electron chi connectivity index (χ3n) is 2.26. The second-order valence-electron chi connectivity index (χ2n) is 3.62. The molecule has 0 heterocycles. The SMILES string of the molecule is COC(=O)/C(=C/c1ccc(OC(F)F)c(Cl)c1)CN=[N+]=[N-]. The van der Waals surface area contributed by atoms with E-state index in [2.05, 4.69) is 19.5 Å². The van der Waals surface area contributed by atoms with Crippen LogP contribution in [0.4, 0.5) is 8.78 Å². The number of esters is 1. The molecule has 1 aromatic carbocycles. The number of halogens is 3. The van der Waals surface area contributed by atoms with E-state index in [0.717, 1.165) is 0 Å². The van der Waals surface area contributed by atoms with E-state index in [1.807, 2.05) is 0 Å². The number of azide groups is 1. The minimum absolute atomic E-state index is 0.0444. The smallest absolute Gasteiger partial charge is 0.387 e. The average Bonchev–Trinajstić information content (AvgIpc) is 2.45. The Kier molecular flexibility index (Phi) is 6.45. The molecule has 0 saturated heterocycles. The fourth-order valence-corrected chi connectivity index (χ4v) is 1.64. The molecule has 0 aliphatic heterocycles. The van der Waals surface area contributed by atoms with Crippen molar-refractivity contribution in [1.29, 1.82) is 0 Å². The Balaban J connectivity index is 3.07. The third kappa shape index (κ3) is 5.29. The molecule has 0 amide bonds. The Bertz CT molecular complexity index is 601. The fourth-order valence-electron chi connectivity index (χ4n) is 1.41. The number of methoxy groups -OCH3 is 1. The number of carbonyl (C=O) groups excluding carboxylic acids is 1. The summed E-state index contributed by atoms with van der Waals surface area (Å²) in [7, 11) is 1.18. The monoisotopic (exact) mass is 317 g/mol. The molecule has 1 rings (SSSR count). The van der Waals surface area contributed by atoms with Crippen molar-refractivity contribution in [3.8, 4) is 5.75 Å². The van der Waals surface area contributed by atoms with E-state index in [0.29, 0.717) is 5.56 Å². The van der Waals surface area contributed by atoms with Crippen LogP contribution in [0.2, 0.25) is 5.02 Å². The van der Waals surface area contributed by atoms with E-state index in [1.165, 1.54) is 31.4 Å². The van der Waals surface area contributed by atoms with Gasteiger partial charge < -0.3 is 9.47 Å². The van der Waals surface area contributed by atoms with Crippen molar-refractivity contribution in [3.63, 3.8) is 0 Å². The molecule has 21 heavy (non-hydrogen) atoms. The van der Waals surface area contributed by atoms with Crippen LogP contribution in [0.15, 0.2) is 28.9 Å². The highest BCUT2D eigenvalue weighted by Gasteiger charge is 2.11. The molecule has 0 bridgehead atoms. The van der Waals surface area contributed by atoms with Crippen LogP contribution in [0.25, 0.3) is 16.5 Å². The van der Waals surface area contributed by atoms with Crippen molar-refractivity contribution in [2.45, 2.75) is 6.61 Å². The van der Waals surface area contributed by atoms with Crippen molar-refractivity contribution in [2.75, 3.05) is 13.7 Å². The number of alkyl halides is 2. The molecular weight excluding hydrogens is 308 g/mol. The summed E-state index contributed by atoms with van der Waals surface area (Å²) in [5.74, 6) is -0.857. The normalized spacial score (nSPS) is 11.0. The van der Waals surface area contributed by atoms with Gasteiger partial charge in [-0.05, 0) is 29.3 Å². The molecule has 0 unspecified atom stereocenters. The van der Waals surface area contributed by atoms with Crippen molar-refractivity contribution in [1.82, 2.24) is 0 Å². The maximum atomic E-state index is 12.1. The number of hydrogen-bond donors (Lipinski definition) is 0. The molecule has 0 aliphatic rings. The van der Waals surface area contributed by atoms with E-state index in [4.69, 9.17) is 17.1 Å². The minimum atomic E-state index is -2.99. The van der Waals surface area contributed by atoms with Gasteiger partial charge in [-0.15, -0.1) is 0 Å². The van der Waals surface area contributed by atoms with E-state index in [-0.39, 0.29) is 22.9 Å². The van der Waals surface area contributed by atoms with Gasteiger partial charge in [-0.3, -0.25) is 0 Å². The summed E-state index contributed by atoms with van der Waals surface area (Å²) in [4.78, 5) is 14.0. The Hall–Kier alpha value is -2.31. The highest BCUT2D eigenvalue weighted by molar-refractivity contribution is 6.32. The highest BCUT2D eigenvalue weighted by Crippen LogP contribution is 2.27. The van der Waals surface area contributed by atoms with E-state index < -0.39 is 12.6 Å². The zero-order chi connectivity index (χ0) is 15.8. The predicted octanol–water partition coefficient (Wildman–Crippen LogP) is 3.81. The molecule has 0 N–H and O–H groups in total. The second kappa shape index (κ2) is 8.08. The van der Waals surface area contributed by atoms with Gasteiger partial charge in [-0.2, -0.15) is 8.78 Å². The first-order valence-electron chi connectivity index (χ1n) is 5.52. The van der Waals surface area contributed by atoms with Crippen molar-refractivity contribution < 1.29 is 23.0 Å². The molecule has 0 fully saturated rings. The average molecular weight is 318 g/mol. The molecule has 0 aliphatic carbocycles. The third-order valence-corrected chi connectivity index (χ3v) is 2.56. The zero-order valence-corrected chi connectivity index (χ0v) is 11.6. The summed E-state index contributed by atoms with van der Waals surface area (Å²) in [6.07, 6.45) is 1.37. The van der Waals surface area contributed by atoms with Crippen molar-refractivity contribution in [3.05, 3.63) is 44.8 Å². The highest BCUT2D eigenvalue weighted by atomic mass is 35.5. The first-order valence-corrected chi connectivity index (χ1v) is 5.89. The van der Waals surface area contributed by atoms with Gasteiger partial charge in [0.05, 0.1) is 18.7 Å². The Morgan fingerprint density at radius 3 is 2.81 bits per heavy atom. The van der Waals surface area contributed by atoms with Crippen molar-refractivity contribution >= 4 is 23.6 Å². The summed E-state index contributed by atoms with van der Waals surface area (Å²) in [6.45, 7) is -3.20. The first kappa shape index (κ1) is 16.7. The Morgan fingerprint density at radius 2 is 2.29 bits per heavy atom. The molecule has 0 spiro atoms. The van der Waals surface area contributed by atoms with Gasteiger partial charge in [-0.1, -0.05) is 22.8 Å². The summed E-state index contributed by atoms with van der Waals surface area (Å²) in [6, 6.07) is 3.99. The van der Waals surface area contributed by atoms with Crippen LogP contribution in [-0.4, -0.2) is 26.2 Å². The van der Waals surface area contributed by atoms with Crippen LogP contribution in [-0.2, 0) is 9.53 Å². The van der Waals surface area contributed by atoms with Gasteiger partial charge >= 0.3 is 12.6 Å². The fraction of sp³-hybridized carbons (Fsp3) is 0.250. The maximum absolute atomic E-state index is 12.1. The van der Waals surface area contributed by atoms with E-state index in [1.54, 1.807) is 0 Å². The summed E-state index contributed by atoms with van der Waals surface area (Å²) in [5, 5.41) is 3.23. The van der Waals surface area contributed by atoms with Crippen LogP contribution in [0.5, 0.6) is 5.75 Å². The molecule has 112 valence electrons. The van der Waals surface area contributed by atoms with Gasteiger partial charge in [0.15, 0.2) is 0 Å². The maximum Gasteiger partial charge on any atom is 0.387 e. The largest absolute Gasteiger partial charge is 0.466 e. The molecule has 6 nitrogen and oxygen atoms in total. The Labute approximate surface area is 123 Å². The van der Waals surface area contributed by atoms with Gasteiger partial charge in [0.2, 0.25) is 0 Å². The molecule has 9 heteroatoms. The van der Waals surface area contributed by atoms with Crippen LogP contribution < -0.4 is 4.74 Å². The van der Waals surface area contributed by atoms with Crippen LogP contribution in [0, 0.1) is 0 Å². The van der Waals surface area contributed by atoms with E-state index >= 15 is 0 Å². The second-order valence-corrected chi connectivity index (χ2v) is 4.03. The molecule has 1 aromatic rings. The van der Waals surface area contributed by atoms with Crippen LogP contribution >= 0.6 is 11.6 Å². The lowest BCUT2D eigenvalue weighted by Gasteiger charge is -2.07. The van der Waals surface area contributed by atoms with Gasteiger partial charge in [0, 0.05) is 10.5 Å². The number of carbonyl (C=O) groups is 1. The lowest BCUT2D eigenvalue weighted by molar-refractivity contribution is -0.136. The van der Waals surface area contributed by atoms with Gasteiger partial charge in [0.25, 0.3) is 0 Å². The zero-order valence-electron chi connectivity index (χ0n) is 10.8.